The molecule has 2 amide bonds. The Morgan fingerprint density at radius 1 is 1.00 bits per heavy atom. The smallest absolute Gasteiger partial charge is 0.319 e. The highest BCUT2D eigenvalue weighted by Gasteiger charge is 2.33. The number of nitrogens with one attached hydrogen (secondary N) is 2. The lowest BCUT2D eigenvalue weighted by Crippen LogP contribution is -2.58. The van der Waals surface area contributed by atoms with Crippen LogP contribution < -0.4 is 10.6 Å². The highest BCUT2D eigenvalue weighted by atomic mass is 35.5. The number of carbonyl (C=O) groups excluding carboxylic acids is 1. The highest BCUT2D eigenvalue weighted by Crippen LogP contribution is 2.26. The standard InChI is InChI=1S/C25H32Cl2N4O/c1-18-5-4-6-20(15-18)28-25(32)29-23-7-2-3-8-24(23)31-13-11-30(12-14-31)17-19-9-10-21(26)22(27)16-19/h4-6,9-10,15-16,23-24H,2-3,7-8,11-14,17H2,1H3,(H2,28,29,32). The van der Waals surface area contributed by atoms with Crippen LogP contribution in [0.2, 0.25) is 10.0 Å². The summed E-state index contributed by atoms with van der Waals surface area (Å²) < 4.78 is 0. The van der Waals surface area contributed by atoms with E-state index in [2.05, 4.69) is 26.5 Å². The molecule has 0 bridgehead atoms. The third-order valence-electron chi connectivity index (χ3n) is 6.59. The van der Waals surface area contributed by atoms with Gasteiger partial charge in [0.2, 0.25) is 0 Å². The normalized spacial score (nSPS) is 22.5. The number of nitrogens with zero attached hydrogens (tertiary/aromatic N) is 2. The average molecular weight is 475 g/mol. The summed E-state index contributed by atoms with van der Waals surface area (Å²) >= 11 is 12.2. The number of benzene rings is 2. The van der Waals surface area contributed by atoms with Gasteiger partial charge in [0.15, 0.2) is 0 Å². The lowest BCUT2D eigenvalue weighted by atomic mass is 9.88. The zero-order chi connectivity index (χ0) is 22.5. The lowest BCUT2D eigenvalue weighted by molar-refractivity contribution is 0.0609. The van der Waals surface area contributed by atoms with Crippen molar-refractivity contribution in [2.45, 2.75) is 51.2 Å². The molecular formula is C25H32Cl2N4O. The molecule has 5 nitrogen and oxygen atoms in total. The molecule has 1 saturated heterocycles. The van der Waals surface area contributed by atoms with Gasteiger partial charge in [0, 0.05) is 50.5 Å². The van der Waals surface area contributed by atoms with E-state index in [-0.39, 0.29) is 12.1 Å². The van der Waals surface area contributed by atoms with Gasteiger partial charge in [-0.05, 0) is 55.2 Å². The number of amides is 2. The molecule has 1 heterocycles. The predicted molar refractivity (Wildman–Crippen MR) is 133 cm³/mol. The second-order valence-electron chi connectivity index (χ2n) is 8.99. The number of hydrogen-bond acceptors (Lipinski definition) is 3. The van der Waals surface area contributed by atoms with Crippen molar-refractivity contribution in [3.05, 3.63) is 63.6 Å². The Balaban J connectivity index is 1.30. The summed E-state index contributed by atoms with van der Waals surface area (Å²) in [6, 6.07) is 14.3. The summed E-state index contributed by atoms with van der Waals surface area (Å²) in [5, 5.41) is 7.48. The monoisotopic (exact) mass is 474 g/mol. The van der Waals surface area contributed by atoms with Crippen LogP contribution in [0.3, 0.4) is 0 Å². The van der Waals surface area contributed by atoms with Crippen molar-refractivity contribution in [2.75, 3.05) is 31.5 Å². The van der Waals surface area contributed by atoms with E-state index in [0.717, 1.165) is 56.8 Å². The van der Waals surface area contributed by atoms with Crippen molar-refractivity contribution in [3.63, 3.8) is 0 Å². The first-order valence-electron chi connectivity index (χ1n) is 11.5. The molecule has 32 heavy (non-hydrogen) atoms. The number of piperazine rings is 1. The van der Waals surface area contributed by atoms with Gasteiger partial charge < -0.3 is 10.6 Å². The Labute approximate surface area is 201 Å². The second kappa shape index (κ2) is 10.9. The summed E-state index contributed by atoms with van der Waals surface area (Å²) in [5.41, 5.74) is 3.17. The van der Waals surface area contributed by atoms with Crippen molar-refractivity contribution in [2.24, 2.45) is 0 Å². The van der Waals surface area contributed by atoms with Crippen molar-refractivity contribution in [1.82, 2.24) is 15.1 Å². The molecule has 2 aromatic rings. The molecule has 0 aromatic heterocycles. The summed E-state index contributed by atoms with van der Waals surface area (Å²) in [5.74, 6) is 0. The SMILES string of the molecule is Cc1cccc(NC(=O)NC2CCCCC2N2CCN(Cc3ccc(Cl)c(Cl)c3)CC2)c1. The first kappa shape index (κ1) is 23.4. The Bertz CT molecular complexity index is 930. The largest absolute Gasteiger partial charge is 0.334 e. The first-order valence-corrected chi connectivity index (χ1v) is 12.3. The maximum atomic E-state index is 12.7. The predicted octanol–water partition coefficient (Wildman–Crippen LogP) is 5.55. The van der Waals surface area contributed by atoms with E-state index in [1.807, 2.05) is 43.3 Å². The third-order valence-corrected chi connectivity index (χ3v) is 7.33. The van der Waals surface area contributed by atoms with Gasteiger partial charge in [-0.2, -0.15) is 0 Å². The van der Waals surface area contributed by atoms with Crippen LogP contribution in [-0.4, -0.2) is 54.1 Å². The quantitative estimate of drug-likeness (QED) is 0.596. The van der Waals surface area contributed by atoms with Gasteiger partial charge in [-0.3, -0.25) is 9.80 Å². The molecule has 2 aliphatic rings. The number of carbonyl (C=O) groups is 1. The number of aryl methyl sites for hydroxylation is 1. The van der Waals surface area contributed by atoms with Gasteiger partial charge in [0.05, 0.1) is 10.0 Å². The summed E-state index contributed by atoms with van der Waals surface area (Å²) in [6.45, 7) is 6.97. The minimum atomic E-state index is -0.106. The van der Waals surface area contributed by atoms with E-state index >= 15 is 0 Å². The van der Waals surface area contributed by atoms with Crippen LogP contribution in [-0.2, 0) is 6.54 Å². The van der Waals surface area contributed by atoms with Crippen LogP contribution >= 0.6 is 23.2 Å². The van der Waals surface area contributed by atoms with E-state index < -0.39 is 0 Å². The van der Waals surface area contributed by atoms with Gasteiger partial charge in [0.1, 0.15) is 0 Å². The Morgan fingerprint density at radius 3 is 2.53 bits per heavy atom. The number of hydrogen-bond donors (Lipinski definition) is 2. The zero-order valence-electron chi connectivity index (χ0n) is 18.6. The molecule has 2 N–H and O–H groups in total. The van der Waals surface area contributed by atoms with E-state index in [4.69, 9.17) is 23.2 Å². The Hall–Kier alpha value is -1.79. The van der Waals surface area contributed by atoms with Crippen molar-refractivity contribution in [1.29, 1.82) is 0 Å². The first-order chi connectivity index (χ1) is 15.5. The van der Waals surface area contributed by atoms with Gasteiger partial charge in [0.25, 0.3) is 0 Å². The topological polar surface area (TPSA) is 47.6 Å². The van der Waals surface area contributed by atoms with Gasteiger partial charge in [-0.1, -0.05) is 54.2 Å². The van der Waals surface area contributed by atoms with Gasteiger partial charge >= 0.3 is 6.03 Å². The van der Waals surface area contributed by atoms with Crippen LogP contribution in [0.15, 0.2) is 42.5 Å². The van der Waals surface area contributed by atoms with E-state index in [1.165, 1.54) is 18.4 Å². The molecular weight excluding hydrogens is 443 g/mol. The van der Waals surface area contributed by atoms with Gasteiger partial charge in [-0.25, -0.2) is 4.79 Å². The van der Waals surface area contributed by atoms with Crippen LogP contribution in [0.4, 0.5) is 10.5 Å². The maximum Gasteiger partial charge on any atom is 0.319 e. The molecule has 1 aliphatic heterocycles. The minimum absolute atomic E-state index is 0.106. The van der Waals surface area contributed by atoms with E-state index in [1.54, 1.807) is 0 Å². The van der Waals surface area contributed by atoms with Crippen LogP contribution in [0.1, 0.15) is 36.8 Å². The fourth-order valence-electron chi connectivity index (χ4n) is 4.92. The molecule has 1 saturated carbocycles. The summed E-state index contributed by atoms with van der Waals surface area (Å²) in [4.78, 5) is 17.7. The Morgan fingerprint density at radius 2 is 1.78 bits per heavy atom. The van der Waals surface area contributed by atoms with E-state index in [0.29, 0.717) is 16.1 Å². The van der Waals surface area contributed by atoms with Crippen LogP contribution in [0, 0.1) is 6.92 Å². The van der Waals surface area contributed by atoms with Gasteiger partial charge in [-0.15, -0.1) is 0 Å². The second-order valence-corrected chi connectivity index (χ2v) is 9.80. The zero-order valence-corrected chi connectivity index (χ0v) is 20.1. The number of anilines is 1. The fraction of sp³-hybridized carbons (Fsp3) is 0.480. The summed E-state index contributed by atoms with van der Waals surface area (Å²) in [7, 11) is 0. The van der Waals surface area contributed by atoms with E-state index in [9.17, 15) is 4.79 Å². The van der Waals surface area contributed by atoms with Crippen LogP contribution in [0.5, 0.6) is 0 Å². The number of halogens is 2. The molecule has 172 valence electrons. The highest BCUT2D eigenvalue weighted by molar-refractivity contribution is 6.42. The minimum Gasteiger partial charge on any atom is -0.334 e. The number of urea groups is 1. The molecule has 0 spiro atoms. The third kappa shape index (κ3) is 6.16. The molecule has 2 fully saturated rings. The van der Waals surface area contributed by atoms with Crippen LogP contribution in [0.25, 0.3) is 0 Å². The number of rotatable bonds is 5. The van der Waals surface area contributed by atoms with Crippen molar-refractivity contribution >= 4 is 34.9 Å². The maximum absolute atomic E-state index is 12.7. The summed E-state index contributed by atoms with van der Waals surface area (Å²) in [6.07, 6.45) is 4.58. The van der Waals surface area contributed by atoms with Crippen molar-refractivity contribution in [3.8, 4) is 0 Å². The molecule has 7 heteroatoms. The Kier molecular flexibility index (Phi) is 7.95. The molecule has 2 aromatic carbocycles. The molecule has 4 rings (SSSR count). The molecule has 2 unspecified atom stereocenters. The van der Waals surface area contributed by atoms with Crippen molar-refractivity contribution < 1.29 is 4.79 Å². The molecule has 0 radical (unpaired) electrons. The lowest BCUT2D eigenvalue weighted by Gasteiger charge is -2.44. The fourth-order valence-corrected chi connectivity index (χ4v) is 5.25. The molecule has 1 aliphatic carbocycles. The average Bonchev–Trinajstić information content (AvgIpc) is 2.77. The molecule has 2 atom stereocenters.